The first-order valence-electron chi connectivity index (χ1n) is 8.30. The molecule has 2 heterocycles. The molecule has 0 aromatic heterocycles. The van der Waals surface area contributed by atoms with Gasteiger partial charge in [-0.25, -0.2) is 4.79 Å². The smallest absolute Gasteiger partial charge is 0.335 e. The van der Waals surface area contributed by atoms with Crippen molar-refractivity contribution in [1.82, 2.24) is 4.90 Å². The summed E-state index contributed by atoms with van der Waals surface area (Å²) in [5, 5.41) is 12.8. The molecule has 0 radical (unpaired) electrons. The molecule has 0 spiro atoms. The van der Waals surface area contributed by atoms with Gasteiger partial charge in [-0.15, -0.1) is 0 Å². The summed E-state index contributed by atoms with van der Waals surface area (Å²) < 4.78 is 5.04. The minimum atomic E-state index is -0.521. The first-order chi connectivity index (χ1) is 11.6. The molecule has 2 aliphatic heterocycles. The van der Waals surface area contributed by atoms with Gasteiger partial charge in [0.05, 0.1) is 24.8 Å². The Morgan fingerprint density at radius 1 is 1.21 bits per heavy atom. The topological polar surface area (TPSA) is 49.8 Å². The van der Waals surface area contributed by atoms with E-state index in [0.29, 0.717) is 12.0 Å². The molecule has 124 valence electrons. The molecule has 3 atom stereocenters. The number of carbonyl (C=O) groups excluding carboxylic acids is 1. The number of hydrogen-bond donors (Lipinski definition) is 1. The van der Waals surface area contributed by atoms with Gasteiger partial charge in [-0.1, -0.05) is 36.4 Å². The number of ether oxygens (including phenoxy) is 1. The number of esters is 1. The van der Waals surface area contributed by atoms with Crippen molar-refractivity contribution < 1.29 is 14.6 Å². The second-order valence-electron chi connectivity index (χ2n) is 6.72. The van der Waals surface area contributed by atoms with Gasteiger partial charge in [0.1, 0.15) is 0 Å². The zero-order valence-corrected chi connectivity index (χ0v) is 13.9. The largest absolute Gasteiger partial charge is 0.466 e. The lowest BCUT2D eigenvalue weighted by molar-refractivity contribution is -0.137. The van der Waals surface area contributed by atoms with Crippen molar-refractivity contribution in [1.29, 1.82) is 0 Å². The molecule has 0 saturated carbocycles. The molecule has 2 bridgehead atoms. The zero-order valence-electron chi connectivity index (χ0n) is 13.9. The van der Waals surface area contributed by atoms with Gasteiger partial charge >= 0.3 is 5.97 Å². The second kappa shape index (κ2) is 5.72. The van der Waals surface area contributed by atoms with Crippen molar-refractivity contribution in [2.75, 3.05) is 14.2 Å². The maximum Gasteiger partial charge on any atom is 0.335 e. The number of benzene rings is 2. The standard InChI is InChI=1S/C20H21NO3/c1-21-15-10-16(18(20(23)24-2)19(21)17(22)11-15)14-8-7-12-5-3-4-6-13(12)9-14/h3-9,15,17,19,22H,10-11H2,1-2H3/t15-,17-,19-/m1/s1. The van der Waals surface area contributed by atoms with E-state index in [2.05, 4.69) is 35.2 Å². The molecule has 0 amide bonds. The summed E-state index contributed by atoms with van der Waals surface area (Å²) >= 11 is 0. The molecule has 2 aromatic rings. The fraction of sp³-hybridized carbons (Fsp3) is 0.350. The molecule has 24 heavy (non-hydrogen) atoms. The van der Waals surface area contributed by atoms with Crippen LogP contribution in [-0.2, 0) is 9.53 Å². The van der Waals surface area contributed by atoms with Crippen LogP contribution < -0.4 is 0 Å². The van der Waals surface area contributed by atoms with Gasteiger partial charge in [0.25, 0.3) is 0 Å². The summed E-state index contributed by atoms with van der Waals surface area (Å²) in [6, 6.07) is 14.5. The SMILES string of the molecule is COC(=O)C1=C(c2ccc3ccccc3c2)C[C@@H]2C[C@@H](O)[C@H]1N2C. The van der Waals surface area contributed by atoms with Gasteiger partial charge in [-0.3, -0.25) is 4.90 Å². The highest BCUT2D eigenvalue weighted by atomic mass is 16.5. The number of carbonyl (C=O) groups is 1. The van der Waals surface area contributed by atoms with Crippen LogP contribution in [0.4, 0.5) is 0 Å². The Balaban J connectivity index is 1.90. The van der Waals surface area contributed by atoms with Gasteiger partial charge < -0.3 is 9.84 Å². The van der Waals surface area contributed by atoms with Crippen LogP contribution in [0.25, 0.3) is 16.3 Å². The normalized spacial score (nSPS) is 26.9. The monoisotopic (exact) mass is 323 g/mol. The van der Waals surface area contributed by atoms with E-state index in [1.54, 1.807) is 0 Å². The summed E-state index contributed by atoms with van der Waals surface area (Å²) in [7, 11) is 3.38. The molecule has 4 heteroatoms. The fourth-order valence-electron chi connectivity index (χ4n) is 4.22. The molecule has 1 fully saturated rings. The number of aliphatic hydroxyl groups is 1. The third-order valence-electron chi connectivity index (χ3n) is 5.46. The summed E-state index contributed by atoms with van der Waals surface area (Å²) in [5.41, 5.74) is 2.67. The van der Waals surface area contributed by atoms with Crippen molar-refractivity contribution in [3.05, 3.63) is 53.6 Å². The molecular weight excluding hydrogens is 302 g/mol. The van der Waals surface area contributed by atoms with Gasteiger partial charge in [-0.2, -0.15) is 0 Å². The predicted molar refractivity (Wildman–Crippen MR) is 93.5 cm³/mol. The van der Waals surface area contributed by atoms with Crippen LogP contribution in [0.3, 0.4) is 0 Å². The first kappa shape index (κ1) is 15.4. The van der Waals surface area contributed by atoms with E-state index in [0.717, 1.165) is 22.9 Å². The molecule has 1 saturated heterocycles. The molecule has 4 rings (SSSR count). The van der Waals surface area contributed by atoms with Crippen molar-refractivity contribution in [3.8, 4) is 0 Å². The number of fused-ring (bicyclic) bond motifs is 3. The van der Waals surface area contributed by atoms with Crippen LogP contribution in [-0.4, -0.2) is 48.3 Å². The molecular formula is C20H21NO3. The average molecular weight is 323 g/mol. The molecule has 2 aliphatic rings. The third kappa shape index (κ3) is 2.26. The Bertz CT molecular complexity index is 842. The highest BCUT2D eigenvalue weighted by Gasteiger charge is 2.47. The Morgan fingerprint density at radius 3 is 2.71 bits per heavy atom. The Kier molecular flexibility index (Phi) is 3.66. The van der Waals surface area contributed by atoms with E-state index in [-0.39, 0.29) is 18.1 Å². The van der Waals surface area contributed by atoms with Crippen molar-refractivity contribution in [2.45, 2.75) is 31.0 Å². The number of methoxy groups -OCH3 is 1. The number of nitrogens with zero attached hydrogens (tertiary/aromatic N) is 1. The molecule has 0 unspecified atom stereocenters. The van der Waals surface area contributed by atoms with E-state index in [1.165, 1.54) is 12.5 Å². The Labute approximate surface area is 141 Å². The van der Waals surface area contributed by atoms with Crippen LogP contribution in [0.1, 0.15) is 18.4 Å². The van der Waals surface area contributed by atoms with E-state index in [4.69, 9.17) is 4.74 Å². The quantitative estimate of drug-likeness (QED) is 0.863. The van der Waals surface area contributed by atoms with E-state index in [1.807, 2.05) is 19.2 Å². The molecule has 2 aromatic carbocycles. The Morgan fingerprint density at radius 2 is 1.96 bits per heavy atom. The van der Waals surface area contributed by atoms with Crippen LogP contribution in [0.15, 0.2) is 48.0 Å². The second-order valence-corrected chi connectivity index (χ2v) is 6.72. The zero-order chi connectivity index (χ0) is 16.8. The number of aliphatic hydroxyl groups excluding tert-OH is 1. The van der Waals surface area contributed by atoms with Gasteiger partial charge in [0, 0.05) is 6.04 Å². The van der Waals surface area contributed by atoms with Crippen LogP contribution >= 0.6 is 0 Å². The summed E-state index contributed by atoms with van der Waals surface area (Å²) in [5.74, 6) is -0.339. The molecule has 0 aliphatic carbocycles. The van der Waals surface area contributed by atoms with E-state index in [9.17, 15) is 9.90 Å². The lowest BCUT2D eigenvalue weighted by Gasteiger charge is -2.34. The fourth-order valence-corrected chi connectivity index (χ4v) is 4.22. The minimum absolute atomic E-state index is 0.264. The summed E-state index contributed by atoms with van der Waals surface area (Å²) in [6.45, 7) is 0. The van der Waals surface area contributed by atoms with Crippen LogP contribution in [0.5, 0.6) is 0 Å². The van der Waals surface area contributed by atoms with Gasteiger partial charge in [0.15, 0.2) is 0 Å². The number of likely N-dealkylation sites (N-methyl/N-ethyl adjacent to an activating group) is 1. The number of rotatable bonds is 2. The minimum Gasteiger partial charge on any atom is -0.466 e. The predicted octanol–water partition coefficient (Wildman–Crippen LogP) is 2.60. The van der Waals surface area contributed by atoms with Crippen molar-refractivity contribution in [3.63, 3.8) is 0 Å². The lowest BCUT2D eigenvalue weighted by Crippen LogP contribution is -2.43. The maximum absolute atomic E-state index is 12.5. The Hall–Kier alpha value is -2.17. The lowest BCUT2D eigenvalue weighted by atomic mass is 9.87. The number of hydrogen-bond acceptors (Lipinski definition) is 4. The van der Waals surface area contributed by atoms with Gasteiger partial charge in [-0.05, 0) is 47.9 Å². The van der Waals surface area contributed by atoms with Crippen LogP contribution in [0.2, 0.25) is 0 Å². The first-order valence-corrected chi connectivity index (χ1v) is 8.30. The van der Waals surface area contributed by atoms with Crippen LogP contribution in [0, 0.1) is 0 Å². The average Bonchev–Trinajstić information content (AvgIpc) is 2.79. The maximum atomic E-state index is 12.5. The van der Waals surface area contributed by atoms with Crippen molar-refractivity contribution >= 4 is 22.3 Å². The summed E-state index contributed by atoms with van der Waals surface area (Å²) in [4.78, 5) is 14.6. The summed E-state index contributed by atoms with van der Waals surface area (Å²) in [6.07, 6.45) is 0.929. The highest BCUT2D eigenvalue weighted by Crippen LogP contribution is 2.43. The third-order valence-corrected chi connectivity index (χ3v) is 5.46. The van der Waals surface area contributed by atoms with Crippen molar-refractivity contribution in [2.24, 2.45) is 0 Å². The molecule has 1 N–H and O–H groups in total. The van der Waals surface area contributed by atoms with Gasteiger partial charge in [0.2, 0.25) is 0 Å². The van der Waals surface area contributed by atoms with E-state index < -0.39 is 6.10 Å². The molecule has 4 nitrogen and oxygen atoms in total. The highest BCUT2D eigenvalue weighted by molar-refractivity contribution is 6.01. The van der Waals surface area contributed by atoms with E-state index >= 15 is 0 Å².